The Kier molecular flexibility index (Phi) is 9.34. The lowest BCUT2D eigenvalue weighted by atomic mass is 9.84. The Morgan fingerprint density at radius 3 is 1.38 bits per heavy atom. The number of ether oxygens (including phenoxy) is 2. The topological polar surface area (TPSA) is 111 Å². The monoisotopic (exact) mass is 564 g/mol. The quantitative estimate of drug-likeness (QED) is 0.489. The molecule has 0 heterocycles. The molecule has 2 rings (SSSR count). The van der Waals surface area contributed by atoms with Crippen LogP contribution in [0, 0.1) is 0 Å². The fraction of sp³-hybridized carbons (Fsp3) is 0.333. The molecule has 0 spiro atoms. The number of halogens is 6. The van der Waals surface area contributed by atoms with Gasteiger partial charge >= 0.3 is 12.2 Å². The second-order valence-electron chi connectivity index (χ2n) is 6.25. The fourth-order valence-electron chi connectivity index (χ4n) is 2.57. The summed E-state index contributed by atoms with van der Waals surface area (Å²) in [7, 11) is 0. The summed E-state index contributed by atoms with van der Waals surface area (Å²) in [6, 6.07) is 6.11. The lowest BCUT2D eigenvalue weighted by Gasteiger charge is -2.22. The van der Waals surface area contributed by atoms with Crippen molar-refractivity contribution in [2.45, 2.75) is 7.59 Å². The predicted octanol–water partition coefficient (Wildman–Crippen LogP) is 4.56. The molecule has 0 aromatic heterocycles. The third-order valence-electron chi connectivity index (χ3n) is 3.88. The van der Waals surface area contributed by atoms with Crippen molar-refractivity contribution in [3.63, 3.8) is 0 Å². The van der Waals surface area contributed by atoms with Crippen LogP contribution in [0.2, 0.25) is 0 Å². The van der Waals surface area contributed by atoms with Crippen LogP contribution in [0.4, 0.5) is 9.59 Å². The van der Waals surface area contributed by atoms with E-state index in [-0.39, 0.29) is 22.3 Å². The molecule has 2 amide bonds. The van der Waals surface area contributed by atoms with Crippen molar-refractivity contribution < 1.29 is 28.7 Å². The van der Waals surface area contributed by atoms with Crippen molar-refractivity contribution in [2.24, 2.45) is 0 Å². The Bertz CT molecular complexity index is 879. The van der Waals surface area contributed by atoms with Gasteiger partial charge in [0, 0.05) is 22.3 Å². The summed E-state index contributed by atoms with van der Waals surface area (Å²) >= 11 is 33.1. The van der Waals surface area contributed by atoms with Gasteiger partial charge in [0.05, 0.1) is 13.1 Å². The van der Waals surface area contributed by atoms with Crippen LogP contribution in [0.3, 0.4) is 0 Å². The minimum Gasteiger partial charge on any atom is -0.445 e. The van der Waals surface area contributed by atoms with Crippen molar-refractivity contribution >= 4 is 93.4 Å². The van der Waals surface area contributed by atoms with Crippen molar-refractivity contribution in [2.75, 3.05) is 26.3 Å². The maximum Gasteiger partial charge on any atom is 0.407 e. The van der Waals surface area contributed by atoms with Crippen LogP contribution >= 0.6 is 69.6 Å². The highest BCUT2D eigenvalue weighted by Crippen LogP contribution is 2.28. The van der Waals surface area contributed by atoms with E-state index in [2.05, 4.69) is 10.6 Å². The third kappa shape index (κ3) is 8.17. The molecular formula is C18H14Cl6N2O6. The molecule has 14 heteroatoms. The molecular weight excluding hydrogens is 553 g/mol. The number of carbonyl (C=O) groups is 4. The minimum absolute atomic E-state index is 0.0683. The molecule has 1 aromatic carbocycles. The zero-order chi connectivity index (χ0) is 24.1. The molecule has 0 saturated carbocycles. The molecule has 0 radical (unpaired) electrons. The highest BCUT2D eigenvalue weighted by molar-refractivity contribution is 6.68. The lowest BCUT2D eigenvalue weighted by molar-refractivity contribution is 0.0968. The number of carbonyl (C=O) groups excluding carboxylic acids is 4. The van der Waals surface area contributed by atoms with Crippen molar-refractivity contribution in [3.05, 3.63) is 46.5 Å². The number of ketones is 2. The Labute approximate surface area is 212 Å². The molecule has 0 fully saturated rings. The van der Waals surface area contributed by atoms with E-state index in [1.165, 1.54) is 12.1 Å². The van der Waals surface area contributed by atoms with Crippen LogP contribution in [0.15, 0.2) is 35.4 Å². The molecule has 8 nitrogen and oxygen atoms in total. The van der Waals surface area contributed by atoms with Gasteiger partial charge in [-0.25, -0.2) is 9.59 Å². The number of rotatable bonds is 6. The number of benzene rings is 1. The summed E-state index contributed by atoms with van der Waals surface area (Å²) in [6.07, 6.45) is -1.98. The molecule has 2 N–H and O–H groups in total. The van der Waals surface area contributed by atoms with E-state index in [0.717, 1.165) is 0 Å². The molecule has 0 bridgehead atoms. The second kappa shape index (κ2) is 11.1. The number of hydrogen-bond donors (Lipinski definition) is 2. The largest absolute Gasteiger partial charge is 0.445 e. The normalized spacial score (nSPS) is 14.1. The fourth-order valence-corrected chi connectivity index (χ4v) is 2.90. The van der Waals surface area contributed by atoms with Crippen LogP contribution in [-0.2, 0) is 9.47 Å². The molecule has 174 valence electrons. The van der Waals surface area contributed by atoms with Crippen LogP contribution < -0.4 is 10.6 Å². The van der Waals surface area contributed by atoms with Gasteiger partial charge in [-0.3, -0.25) is 9.59 Å². The Balaban J connectivity index is 2.18. The Morgan fingerprint density at radius 1 is 0.719 bits per heavy atom. The number of amides is 2. The molecule has 0 aliphatic heterocycles. The summed E-state index contributed by atoms with van der Waals surface area (Å²) < 4.78 is 5.82. The summed E-state index contributed by atoms with van der Waals surface area (Å²) in [5, 5.41) is 4.61. The van der Waals surface area contributed by atoms with Gasteiger partial charge in [-0.15, -0.1) is 0 Å². The molecule has 1 aliphatic carbocycles. The van der Waals surface area contributed by atoms with Crippen LogP contribution in [0.5, 0.6) is 0 Å². The van der Waals surface area contributed by atoms with Gasteiger partial charge in [0.15, 0.2) is 11.6 Å². The van der Waals surface area contributed by atoms with Crippen LogP contribution in [-0.4, -0.2) is 57.6 Å². The predicted molar refractivity (Wildman–Crippen MR) is 121 cm³/mol. The van der Waals surface area contributed by atoms with E-state index in [9.17, 15) is 19.2 Å². The van der Waals surface area contributed by atoms with Gasteiger partial charge in [0.25, 0.3) is 0 Å². The second-order valence-corrected chi connectivity index (χ2v) is 11.3. The van der Waals surface area contributed by atoms with Crippen molar-refractivity contribution in [3.8, 4) is 0 Å². The highest BCUT2D eigenvalue weighted by Gasteiger charge is 2.32. The lowest BCUT2D eigenvalue weighted by Crippen LogP contribution is -2.37. The molecule has 32 heavy (non-hydrogen) atoms. The Hall–Kier alpha value is -1.42. The van der Waals surface area contributed by atoms with Gasteiger partial charge in [-0.2, -0.15) is 0 Å². The molecule has 0 saturated heterocycles. The number of Topliss-reactive ketones (excluding diaryl/α,β-unsaturated/α-hetero) is 2. The van der Waals surface area contributed by atoms with E-state index in [0.29, 0.717) is 0 Å². The SMILES string of the molecule is O=C(NCC1=C(CNC(=O)OCC(Cl)(Cl)Cl)C(=O)c2ccccc2C1=O)OCC(Cl)(Cl)Cl. The number of alkyl halides is 6. The average Bonchev–Trinajstić information content (AvgIpc) is 2.70. The van der Waals surface area contributed by atoms with Gasteiger partial charge in [-0.1, -0.05) is 93.9 Å². The van der Waals surface area contributed by atoms with Crippen LogP contribution in [0.1, 0.15) is 20.7 Å². The standard InChI is InChI=1S/C18H14Cl6N2O6/c19-17(20,21)7-31-15(29)25-5-11-12(6-26-16(30)32-8-18(22,23)24)14(28)10-4-2-1-3-9(10)13(11)27/h1-4H,5-8H2,(H,25,29)(H,26,30). The number of fused-ring (bicyclic) bond motifs is 1. The van der Waals surface area contributed by atoms with Gasteiger partial charge in [0.1, 0.15) is 13.2 Å². The van der Waals surface area contributed by atoms with E-state index in [1.807, 2.05) is 0 Å². The van der Waals surface area contributed by atoms with Crippen molar-refractivity contribution in [1.82, 2.24) is 10.6 Å². The van der Waals surface area contributed by atoms with E-state index in [1.54, 1.807) is 12.1 Å². The first kappa shape index (κ1) is 26.8. The first-order valence-electron chi connectivity index (χ1n) is 8.63. The average molecular weight is 567 g/mol. The maximum atomic E-state index is 12.9. The number of alkyl carbamates (subject to hydrolysis) is 2. The number of hydrogen-bond acceptors (Lipinski definition) is 6. The summed E-state index contributed by atoms with van der Waals surface area (Å²) in [5.41, 5.74) is 0.153. The van der Waals surface area contributed by atoms with E-state index >= 15 is 0 Å². The Morgan fingerprint density at radius 2 is 1.06 bits per heavy atom. The summed E-state index contributed by atoms with van der Waals surface area (Å²) in [6.45, 7) is -1.86. The van der Waals surface area contributed by atoms with E-state index in [4.69, 9.17) is 79.1 Å². The zero-order valence-electron chi connectivity index (χ0n) is 15.9. The smallest absolute Gasteiger partial charge is 0.407 e. The summed E-state index contributed by atoms with van der Waals surface area (Å²) in [4.78, 5) is 49.6. The summed E-state index contributed by atoms with van der Waals surface area (Å²) in [5.74, 6) is -1.04. The van der Waals surface area contributed by atoms with Gasteiger partial charge in [0.2, 0.25) is 7.59 Å². The first-order valence-corrected chi connectivity index (χ1v) is 10.9. The minimum atomic E-state index is -1.83. The highest BCUT2D eigenvalue weighted by atomic mass is 35.6. The van der Waals surface area contributed by atoms with Gasteiger partial charge < -0.3 is 20.1 Å². The van der Waals surface area contributed by atoms with Gasteiger partial charge in [-0.05, 0) is 0 Å². The molecule has 0 unspecified atom stereocenters. The third-order valence-corrected chi connectivity index (χ3v) is 4.54. The number of nitrogens with one attached hydrogen (secondary N) is 2. The zero-order valence-corrected chi connectivity index (χ0v) is 20.4. The van der Waals surface area contributed by atoms with Crippen molar-refractivity contribution in [1.29, 1.82) is 0 Å². The van der Waals surface area contributed by atoms with Crippen LogP contribution in [0.25, 0.3) is 0 Å². The molecule has 1 aliphatic rings. The molecule has 0 atom stereocenters. The maximum absolute atomic E-state index is 12.9. The molecule has 1 aromatic rings. The first-order chi connectivity index (χ1) is 14.8. The van der Waals surface area contributed by atoms with E-state index < -0.39 is 57.6 Å².